The molecule has 0 heterocycles. The molecule has 0 atom stereocenters. The Labute approximate surface area is 125 Å². The molecule has 1 aromatic carbocycles. The van der Waals surface area contributed by atoms with E-state index < -0.39 is 6.09 Å². The predicted octanol–water partition coefficient (Wildman–Crippen LogP) is 2.31. The molecule has 21 heavy (non-hydrogen) atoms. The summed E-state index contributed by atoms with van der Waals surface area (Å²) >= 11 is 0. The van der Waals surface area contributed by atoms with Crippen LogP contribution in [-0.4, -0.2) is 36.1 Å². The van der Waals surface area contributed by atoms with Gasteiger partial charge < -0.3 is 15.0 Å². The Morgan fingerprint density at radius 1 is 1.29 bits per heavy atom. The number of rotatable bonds is 7. The van der Waals surface area contributed by atoms with Crippen molar-refractivity contribution >= 4 is 12.0 Å². The summed E-state index contributed by atoms with van der Waals surface area (Å²) in [4.78, 5) is 25.4. The molecule has 1 saturated carbocycles. The van der Waals surface area contributed by atoms with Crippen molar-refractivity contribution in [1.29, 1.82) is 0 Å². The zero-order valence-corrected chi connectivity index (χ0v) is 12.4. The number of alkyl carbamates (subject to hydrolysis) is 1. The van der Waals surface area contributed by atoms with Gasteiger partial charge >= 0.3 is 6.09 Å². The summed E-state index contributed by atoms with van der Waals surface area (Å²) in [6.45, 7) is 3.04. The quantitative estimate of drug-likeness (QED) is 0.838. The lowest BCUT2D eigenvalue weighted by atomic mass is 10.2. The molecule has 1 aliphatic carbocycles. The lowest BCUT2D eigenvalue weighted by molar-refractivity contribution is -0.132. The highest BCUT2D eigenvalue weighted by Gasteiger charge is 2.32. The van der Waals surface area contributed by atoms with Crippen LogP contribution in [0.15, 0.2) is 30.3 Å². The summed E-state index contributed by atoms with van der Waals surface area (Å²) in [6.07, 6.45) is 1.99. The van der Waals surface area contributed by atoms with E-state index in [1.807, 2.05) is 35.2 Å². The molecule has 2 amide bonds. The van der Waals surface area contributed by atoms with Gasteiger partial charge in [-0.05, 0) is 25.3 Å². The molecule has 0 aromatic heterocycles. The van der Waals surface area contributed by atoms with Gasteiger partial charge in [0.2, 0.25) is 5.91 Å². The van der Waals surface area contributed by atoms with Crippen LogP contribution in [0.3, 0.4) is 0 Å². The standard InChI is InChI=1S/C16H22N2O3/c1-2-21-16(20)17-11-10-15(19)18(14-8-9-14)12-13-6-4-3-5-7-13/h3-7,14H,2,8-12H2,1H3,(H,17,20). The van der Waals surface area contributed by atoms with E-state index in [2.05, 4.69) is 5.32 Å². The Kier molecular flexibility index (Phi) is 5.60. The fourth-order valence-corrected chi connectivity index (χ4v) is 2.18. The van der Waals surface area contributed by atoms with Crippen LogP contribution in [0.5, 0.6) is 0 Å². The van der Waals surface area contributed by atoms with Crippen molar-refractivity contribution in [3.8, 4) is 0 Å². The molecule has 1 aromatic rings. The Morgan fingerprint density at radius 2 is 2.00 bits per heavy atom. The molecular formula is C16H22N2O3. The summed E-state index contributed by atoms with van der Waals surface area (Å²) in [5, 5.41) is 2.58. The van der Waals surface area contributed by atoms with Crippen LogP contribution >= 0.6 is 0 Å². The molecule has 0 radical (unpaired) electrons. The van der Waals surface area contributed by atoms with Gasteiger partial charge in [-0.3, -0.25) is 4.79 Å². The van der Waals surface area contributed by atoms with Gasteiger partial charge in [-0.25, -0.2) is 4.79 Å². The van der Waals surface area contributed by atoms with Crippen LogP contribution in [0.25, 0.3) is 0 Å². The van der Waals surface area contributed by atoms with E-state index in [9.17, 15) is 9.59 Å². The summed E-state index contributed by atoms with van der Waals surface area (Å²) in [6, 6.07) is 10.3. The molecule has 2 rings (SSSR count). The molecule has 114 valence electrons. The lowest BCUT2D eigenvalue weighted by Gasteiger charge is -2.22. The third-order valence-corrected chi connectivity index (χ3v) is 3.39. The Hall–Kier alpha value is -2.04. The van der Waals surface area contributed by atoms with E-state index in [0.29, 0.717) is 32.2 Å². The van der Waals surface area contributed by atoms with Crippen molar-refractivity contribution in [1.82, 2.24) is 10.2 Å². The molecule has 0 bridgehead atoms. The Morgan fingerprint density at radius 3 is 2.62 bits per heavy atom. The number of ether oxygens (including phenoxy) is 1. The fraction of sp³-hybridized carbons (Fsp3) is 0.500. The molecule has 1 fully saturated rings. The summed E-state index contributed by atoms with van der Waals surface area (Å²) in [7, 11) is 0. The maximum atomic E-state index is 12.3. The molecule has 5 heteroatoms. The SMILES string of the molecule is CCOC(=O)NCCC(=O)N(Cc1ccccc1)C1CC1. The summed E-state index contributed by atoms with van der Waals surface area (Å²) in [5.74, 6) is 0.0816. The smallest absolute Gasteiger partial charge is 0.407 e. The molecule has 1 N–H and O–H groups in total. The first-order valence-corrected chi connectivity index (χ1v) is 7.44. The summed E-state index contributed by atoms with van der Waals surface area (Å²) < 4.78 is 4.76. The average molecular weight is 290 g/mol. The van der Waals surface area contributed by atoms with Gasteiger partial charge in [-0.2, -0.15) is 0 Å². The zero-order valence-electron chi connectivity index (χ0n) is 12.4. The van der Waals surface area contributed by atoms with E-state index >= 15 is 0 Å². The normalized spacial score (nSPS) is 13.6. The van der Waals surface area contributed by atoms with E-state index in [0.717, 1.165) is 18.4 Å². The number of carbonyl (C=O) groups excluding carboxylic acids is 2. The van der Waals surface area contributed by atoms with Gasteiger partial charge in [0.1, 0.15) is 0 Å². The maximum Gasteiger partial charge on any atom is 0.407 e. The first-order chi connectivity index (χ1) is 10.2. The number of hydrogen-bond donors (Lipinski definition) is 1. The van der Waals surface area contributed by atoms with Crippen LogP contribution in [-0.2, 0) is 16.1 Å². The van der Waals surface area contributed by atoms with Crippen molar-refractivity contribution in [2.45, 2.75) is 38.8 Å². The molecule has 0 saturated heterocycles. The van der Waals surface area contributed by atoms with Crippen molar-refractivity contribution in [2.75, 3.05) is 13.2 Å². The number of amides is 2. The second-order valence-corrected chi connectivity index (χ2v) is 5.14. The first-order valence-electron chi connectivity index (χ1n) is 7.44. The number of hydrogen-bond acceptors (Lipinski definition) is 3. The molecular weight excluding hydrogens is 268 g/mol. The van der Waals surface area contributed by atoms with Crippen molar-refractivity contribution in [2.24, 2.45) is 0 Å². The topological polar surface area (TPSA) is 58.6 Å². The van der Waals surface area contributed by atoms with E-state index in [1.165, 1.54) is 0 Å². The average Bonchev–Trinajstić information content (AvgIpc) is 3.30. The number of nitrogens with one attached hydrogen (secondary N) is 1. The van der Waals surface area contributed by atoms with Gasteiger partial charge in [0.15, 0.2) is 0 Å². The lowest BCUT2D eigenvalue weighted by Crippen LogP contribution is -2.35. The van der Waals surface area contributed by atoms with Gasteiger partial charge in [-0.1, -0.05) is 30.3 Å². The van der Waals surface area contributed by atoms with Crippen molar-refractivity contribution in [3.63, 3.8) is 0 Å². The van der Waals surface area contributed by atoms with Gasteiger partial charge in [0.05, 0.1) is 6.61 Å². The minimum Gasteiger partial charge on any atom is -0.450 e. The summed E-state index contributed by atoms with van der Waals surface area (Å²) in [5.41, 5.74) is 1.14. The third kappa shape index (κ3) is 5.10. The van der Waals surface area contributed by atoms with Gasteiger partial charge in [-0.15, -0.1) is 0 Å². The highest BCUT2D eigenvalue weighted by molar-refractivity contribution is 5.78. The molecule has 0 unspecified atom stereocenters. The molecule has 0 aliphatic heterocycles. The van der Waals surface area contributed by atoms with Crippen LogP contribution in [0.1, 0.15) is 31.7 Å². The molecule has 1 aliphatic rings. The van der Waals surface area contributed by atoms with Crippen LogP contribution in [0.4, 0.5) is 4.79 Å². The fourth-order valence-electron chi connectivity index (χ4n) is 2.18. The number of nitrogens with zero attached hydrogens (tertiary/aromatic N) is 1. The Bertz CT molecular complexity index is 472. The maximum absolute atomic E-state index is 12.3. The van der Waals surface area contributed by atoms with Crippen LogP contribution in [0, 0.1) is 0 Å². The highest BCUT2D eigenvalue weighted by Crippen LogP contribution is 2.28. The third-order valence-electron chi connectivity index (χ3n) is 3.39. The van der Waals surface area contributed by atoms with Gasteiger partial charge in [0.25, 0.3) is 0 Å². The minimum absolute atomic E-state index is 0.0816. The highest BCUT2D eigenvalue weighted by atomic mass is 16.5. The van der Waals surface area contributed by atoms with Crippen molar-refractivity contribution < 1.29 is 14.3 Å². The molecule has 0 spiro atoms. The minimum atomic E-state index is -0.466. The van der Waals surface area contributed by atoms with Crippen LogP contribution < -0.4 is 5.32 Å². The zero-order chi connectivity index (χ0) is 15.1. The number of benzene rings is 1. The Balaban J connectivity index is 1.81. The monoisotopic (exact) mass is 290 g/mol. The number of carbonyl (C=O) groups is 2. The second kappa shape index (κ2) is 7.67. The predicted molar refractivity (Wildman–Crippen MR) is 79.7 cm³/mol. The van der Waals surface area contributed by atoms with Crippen molar-refractivity contribution in [3.05, 3.63) is 35.9 Å². The van der Waals surface area contributed by atoms with Crippen LogP contribution in [0.2, 0.25) is 0 Å². The molecule has 5 nitrogen and oxygen atoms in total. The van der Waals surface area contributed by atoms with Gasteiger partial charge in [0, 0.05) is 25.6 Å². The second-order valence-electron chi connectivity index (χ2n) is 5.14. The van der Waals surface area contributed by atoms with E-state index in [-0.39, 0.29) is 5.91 Å². The largest absolute Gasteiger partial charge is 0.450 e. The first kappa shape index (κ1) is 15.4. The van der Waals surface area contributed by atoms with E-state index in [4.69, 9.17) is 4.74 Å². The van der Waals surface area contributed by atoms with E-state index in [1.54, 1.807) is 6.92 Å².